The molecular weight excluding hydrogens is 474 g/mol. The number of benzene rings is 3. The first kappa shape index (κ1) is 25.5. The third kappa shape index (κ3) is 5.81. The van der Waals surface area contributed by atoms with Crippen LogP contribution in [-0.2, 0) is 16.0 Å². The maximum absolute atomic E-state index is 13.5. The summed E-state index contributed by atoms with van der Waals surface area (Å²) in [4.78, 5) is 37.9. The molecule has 0 bridgehead atoms. The molecule has 37 heavy (non-hydrogen) atoms. The molecule has 0 aliphatic rings. The molecule has 0 unspecified atom stereocenters. The van der Waals surface area contributed by atoms with Gasteiger partial charge in [-0.1, -0.05) is 13.0 Å². The number of aryl methyl sites for hydroxylation is 1. The van der Waals surface area contributed by atoms with Gasteiger partial charge in [-0.3, -0.25) is 9.59 Å². The summed E-state index contributed by atoms with van der Waals surface area (Å²) in [6.07, 6.45) is 0.753. The number of amides is 1. The molecule has 0 aliphatic heterocycles. The number of hydrogen-bond acceptors (Lipinski definition) is 7. The van der Waals surface area contributed by atoms with Crippen LogP contribution in [-0.4, -0.2) is 32.2 Å². The molecule has 1 aromatic heterocycles. The molecule has 1 heterocycles. The minimum atomic E-state index is -0.480. The van der Waals surface area contributed by atoms with E-state index in [0.29, 0.717) is 33.5 Å². The Labute approximate surface area is 213 Å². The van der Waals surface area contributed by atoms with Gasteiger partial charge in [0.1, 0.15) is 11.3 Å². The van der Waals surface area contributed by atoms with Gasteiger partial charge in [0.2, 0.25) is 11.2 Å². The van der Waals surface area contributed by atoms with E-state index in [0.717, 1.165) is 12.0 Å². The Kier molecular flexibility index (Phi) is 7.88. The summed E-state index contributed by atoms with van der Waals surface area (Å²) in [5.74, 6) is -0.111. The molecule has 8 heteroatoms. The zero-order valence-electron chi connectivity index (χ0n) is 20.8. The van der Waals surface area contributed by atoms with Crippen LogP contribution in [0.2, 0.25) is 0 Å². The van der Waals surface area contributed by atoms with Gasteiger partial charge in [0.25, 0.3) is 5.91 Å². The van der Waals surface area contributed by atoms with E-state index in [4.69, 9.17) is 18.6 Å². The average Bonchev–Trinajstić information content (AvgIpc) is 2.92. The Morgan fingerprint density at radius 2 is 1.68 bits per heavy atom. The van der Waals surface area contributed by atoms with E-state index in [1.165, 1.54) is 0 Å². The van der Waals surface area contributed by atoms with E-state index in [9.17, 15) is 14.4 Å². The van der Waals surface area contributed by atoms with Crippen molar-refractivity contribution in [2.75, 3.05) is 25.6 Å². The molecule has 0 aliphatic carbocycles. The summed E-state index contributed by atoms with van der Waals surface area (Å²) >= 11 is 0. The van der Waals surface area contributed by atoms with E-state index >= 15 is 0 Å². The van der Waals surface area contributed by atoms with Gasteiger partial charge in [0.15, 0.2) is 12.4 Å². The highest BCUT2D eigenvalue weighted by Crippen LogP contribution is 2.32. The van der Waals surface area contributed by atoms with Crippen LogP contribution < -0.4 is 20.2 Å². The SMILES string of the molecule is CCOC(=O)c1ccc(NC(=O)COc2c(-c3ccc(OC)cc3)oc3ccc(CC)cc3c2=O)cc1. The molecule has 4 aromatic rings. The van der Waals surface area contributed by atoms with Crippen LogP contribution in [0.4, 0.5) is 5.69 Å². The van der Waals surface area contributed by atoms with Gasteiger partial charge in [-0.05, 0) is 79.6 Å². The molecule has 0 radical (unpaired) electrons. The number of carbonyl (C=O) groups is 2. The molecule has 3 aromatic carbocycles. The number of nitrogens with one attached hydrogen (secondary N) is 1. The maximum Gasteiger partial charge on any atom is 0.338 e. The lowest BCUT2D eigenvalue weighted by molar-refractivity contribution is -0.118. The number of fused-ring (bicyclic) bond motifs is 1. The standard InChI is InChI=1S/C29H27NO7/c1-4-18-6-15-24-23(16-18)26(32)28(27(37-24)19-9-13-22(34-3)14-10-19)36-17-25(31)30-21-11-7-20(8-12-21)29(33)35-5-2/h6-16H,4-5,17H2,1-3H3,(H,30,31). The van der Waals surface area contributed by atoms with Gasteiger partial charge >= 0.3 is 5.97 Å². The number of hydrogen-bond donors (Lipinski definition) is 1. The lowest BCUT2D eigenvalue weighted by Gasteiger charge is -2.13. The molecule has 0 spiro atoms. The van der Waals surface area contributed by atoms with Crippen LogP contribution in [0.1, 0.15) is 29.8 Å². The van der Waals surface area contributed by atoms with Gasteiger partial charge in [-0.25, -0.2) is 4.79 Å². The van der Waals surface area contributed by atoms with Gasteiger partial charge in [0.05, 0.1) is 24.7 Å². The van der Waals surface area contributed by atoms with Crippen LogP contribution in [0.15, 0.2) is 75.9 Å². The highest BCUT2D eigenvalue weighted by Gasteiger charge is 2.19. The molecule has 0 saturated heterocycles. The van der Waals surface area contributed by atoms with E-state index in [1.807, 2.05) is 13.0 Å². The quantitative estimate of drug-likeness (QED) is 0.313. The van der Waals surface area contributed by atoms with Crippen molar-refractivity contribution < 1.29 is 28.2 Å². The van der Waals surface area contributed by atoms with Gasteiger partial charge in [0, 0.05) is 11.3 Å². The van der Waals surface area contributed by atoms with Gasteiger partial charge in [-0.15, -0.1) is 0 Å². The Morgan fingerprint density at radius 3 is 2.32 bits per heavy atom. The minimum Gasteiger partial charge on any atom is -0.497 e. The fourth-order valence-electron chi connectivity index (χ4n) is 3.75. The van der Waals surface area contributed by atoms with Crippen molar-refractivity contribution in [3.8, 4) is 22.8 Å². The average molecular weight is 502 g/mol. The number of rotatable bonds is 9. The molecule has 8 nitrogen and oxygen atoms in total. The summed E-state index contributed by atoms with van der Waals surface area (Å²) in [5.41, 5.74) is 2.48. The van der Waals surface area contributed by atoms with Crippen LogP contribution in [0, 0.1) is 0 Å². The number of carbonyl (C=O) groups excluding carboxylic acids is 2. The normalized spacial score (nSPS) is 10.7. The fourth-order valence-corrected chi connectivity index (χ4v) is 3.75. The fraction of sp³-hybridized carbons (Fsp3) is 0.207. The zero-order chi connectivity index (χ0) is 26.4. The molecule has 0 atom stereocenters. The van der Waals surface area contributed by atoms with Crippen molar-refractivity contribution in [1.29, 1.82) is 0 Å². The Morgan fingerprint density at radius 1 is 0.946 bits per heavy atom. The summed E-state index contributed by atoms with van der Waals surface area (Å²) in [6, 6.07) is 18.7. The van der Waals surface area contributed by atoms with Crippen LogP contribution in [0.5, 0.6) is 11.5 Å². The Bertz CT molecular complexity index is 1470. The Hall–Kier alpha value is -4.59. The molecular formula is C29H27NO7. The third-order valence-corrected chi connectivity index (χ3v) is 5.70. The second-order valence-electron chi connectivity index (χ2n) is 8.14. The van der Waals surface area contributed by atoms with Crippen molar-refractivity contribution in [2.24, 2.45) is 0 Å². The van der Waals surface area contributed by atoms with E-state index in [-0.39, 0.29) is 23.5 Å². The monoisotopic (exact) mass is 501 g/mol. The largest absolute Gasteiger partial charge is 0.497 e. The molecule has 190 valence electrons. The molecule has 1 amide bonds. The molecule has 0 saturated carbocycles. The second kappa shape index (κ2) is 11.4. The lowest BCUT2D eigenvalue weighted by Crippen LogP contribution is -2.22. The van der Waals surface area contributed by atoms with Gasteiger partial charge < -0.3 is 23.9 Å². The van der Waals surface area contributed by atoms with Crippen molar-refractivity contribution >= 4 is 28.5 Å². The maximum atomic E-state index is 13.5. The number of methoxy groups -OCH3 is 1. The molecule has 0 fully saturated rings. The second-order valence-corrected chi connectivity index (χ2v) is 8.14. The predicted molar refractivity (Wildman–Crippen MR) is 140 cm³/mol. The van der Waals surface area contributed by atoms with Crippen LogP contribution in [0.25, 0.3) is 22.3 Å². The minimum absolute atomic E-state index is 0.0567. The molecule has 4 rings (SSSR count). The summed E-state index contributed by atoms with van der Waals surface area (Å²) in [7, 11) is 1.56. The van der Waals surface area contributed by atoms with Crippen molar-refractivity contribution in [3.63, 3.8) is 0 Å². The van der Waals surface area contributed by atoms with Crippen molar-refractivity contribution in [3.05, 3.63) is 88.1 Å². The number of esters is 1. The molecule has 1 N–H and O–H groups in total. The first-order chi connectivity index (χ1) is 17.9. The number of anilines is 1. The Balaban J connectivity index is 1.60. The van der Waals surface area contributed by atoms with E-state index in [1.54, 1.807) is 74.7 Å². The highest BCUT2D eigenvalue weighted by molar-refractivity contribution is 5.94. The lowest BCUT2D eigenvalue weighted by atomic mass is 10.1. The summed E-state index contributed by atoms with van der Waals surface area (Å²) in [6.45, 7) is 3.57. The van der Waals surface area contributed by atoms with E-state index < -0.39 is 18.5 Å². The third-order valence-electron chi connectivity index (χ3n) is 5.70. The zero-order valence-corrected chi connectivity index (χ0v) is 20.8. The van der Waals surface area contributed by atoms with Crippen molar-refractivity contribution in [1.82, 2.24) is 0 Å². The summed E-state index contributed by atoms with van der Waals surface area (Å²) < 4.78 is 22.0. The highest BCUT2D eigenvalue weighted by atomic mass is 16.5. The summed E-state index contributed by atoms with van der Waals surface area (Å²) in [5, 5.41) is 3.07. The van der Waals surface area contributed by atoms with Crippen LogP contribution in [0.3, 0.4) is 0 Å². The van der Waals surface area contributed by atoms with Crippen molar-refractivity contribution in [2.45, 2.75) is 20.3 Å². The van der Waals surface area contributed by atoms with E-state index in [2.05, 4.69) is 5.32 Å². The first-order valence-electron chi connectivity index (χ1n) is 11.9. The smallest absolute Gasteiger partial charge is 0.338 e. The first-order valence-corrected chi connectivity index (χ1v) is 11.9. The topological polar surface area (TPSA) is 104 Å². The van der Waals surface area contributed by atoms with Crippen LogP contribution >= 0.6 is 0 Å². The van der Waals surface area contributed by atoms with Gasteiger partial charge in [-0.2, -0.15) is 0 Å². The predicted octanol–water partition coefficient (Wildman–Crippen LogP) is 5.23. The number of ether oxygens (including phenoxy) is 3.